The van der Waals surface area contributed by atoms with E-state index in [1.807, 2.05) is 31.2 Å². The fourth-order valence-corrected chi connectivity index (χ4v) is 2.87. The molecular formula is C15H19N3O2. The number of nitrogens with two attached hydrogens (primary N) is 1. The van der Waals surface area contributed by atoms with Crippen LogP contribution in [0.2, 0.25) is 0 Å². The molecule has 5 heteroatoms. The van der Waals surface area contributed by atoms with Crippen LogP contribution in [-0.2, 0) is 4.74 Å². The van der Waals surface area contributed by atoms with Crippen molar-refractivity contribution in [3.8, 4) is 11.4 Å². The molecule has 1 aliphatic rings. The first-order valence-corrected chi connectivity index (χ1v) is 6.92. The third kappa shape index (κ3) is 2.08. The van der Waals surface area contributed by atoms with Crippen molar-refractivity contribution in [1.82, 2.24) is 10.1 Å². The fourth-order valence-electron chi connectivity index (χ4n) is 2.87. The zero-order chi connectivity index (χ0) is 14.3. The summed E-state index contributed by atoms with van der Waals surface area (Å²) in [7, 11) is 0. The van der Waals surface area contributed by atoms with Crippen molar-refractivity contribution in [2.75, 3.05) is 5.73 Å². The van der Waals surface area contributed by atoms with Crippen molar-refractivity contribution < 1.29 is 9.26 Å². The Balaban J connectivity index is 1.93. The van der Waals surface area contributed by atoms with E-state index in [2.05, 4.69) is 24.0 Å². The van der Waals surface area contributed by atoms with Gasteiger partial charge in [0.1, 0.15) is 0 Å². The molecule has 0 saturated carbocycles. The van der Waals surface area contributed by atoms with E-state index < -0.39 is 0 Å². The molecule has 0 aliphatic carbocycles. The van der Waals surface area contributed by atoms with E-state index in [0.717, 1.165) is 5.56 Å². The first-order chi connectivity index (χ1) is 9.58. The predicted octanol–water partition coefficient (Wildman–Crippen LogP) is 2.85. The van der Waals surface area contributed by atoms with Crippen LogP contribution in [0.5, 0.6) is 0 Å². The van der Waals surface area contributed by atoms with Gasteiger partial charge in [-0.3, -0.25) is 0 Å². The number of hydrogen-bond donors (Lipinski definition) is 1. The molecule has 0 bridgehead atoms. The smallest absolute Gasteiger partial charge is 0.233 e. The van der Waals surface area contributed by atoms with Gasteiger partial charge in [0.2, 0.25) is 11.7 Å². The van der Waals surface area contributed by atoms with Crippen LogP contribution < -0.4 is 5.73 Å². The van der Waals surface area contributed by atoms with E-state index in [0.29, 0.717) is 23.3 Å². The number of hydrogen-bond acceptors (Lipinski definition) is 5. The monoisotopic (exact) mass is 273 g/mol. The third-order valence-electron chi connectivity index (χ3n) is 4.17. The predicted molar refractivity (Wildman–Crippen MR) is 76.1 cm³/mol. The van der Waals surface area contributed by atoms with Crippen LogP contribution in [0.4, 0.5) is 5.69 Å². The normalized spacial score (nSPS) is 29.8. The van der Waals surface area contributed by atoms with Gasteiger partial charge in [-0.15, -0.1) is 0 Å². The van der Waals surface area contributed by atoms with Crippen molar-refractivity contribution in [1.29, 1.82) is 0 Å². The molecule has 20 heavy (non-hydrogen) atoms. The lowest BCUT2D eigenvalue weighted by Crippen LogP contribution is -2.15. The van der Waals surface area contributed by atoms with Crippen LogP contribution in [0.15, 0.2) is 28.8 Å². The Hall–Kier alpha value is -1.88. The summed E-state index contributed by atoms with van der Waals surface area (Å²) < 4.78 is 11.3. The molecule has 0 amide bonds. The van der Waals surface area contributed by atoms with Crippen LogP contribution in [-0.4, -0.2) is 22.3 Å². The molecule has 2 N–H and O–H groups in total. The average molecular weight is 273 g/mol. The summed E-state index contributed by atoms with van der Waals surface area (Å²) in [5.41, 5.74) is 7.40. The van der Waals surface area contributed by atoms with E-state index in [9.17, 15) is 0 Å². The quantitative estimate of drug-likeness (QED) is 0.852. The molecule has 4 unspecified atom stereocenters. The Labute approximate surface area is 118 Å². The minimum absolute atomic E-state index is 0.0846. The van der Waals surface area contributed by atoms with Gasteiger partial charge in [0.15, 0.2) is 0 Å². The Morgan fingerprint density at radius 2 is 1.85 bits per heavy atom. The lowest BCUT2D eigenvalue weighted by atomic mass is 9.89. The number of ether oxygens (including phenoxy) is 1. The van der Waals surface area contributed by atoms with Gasteiger partial charge in [-0.05, 0) is 31.9 Å². The van der Waals surface area contributed by atoms with Crippen molar-refractivity contribution in [3.63, 3.8) is 0 Å². The van der Waals surface area contributed by atoms with Gasteiger partial charge in [-0.2, -0.15) is 4.98 Å². The molecule has 4 atom stereocenters. The minimum Gasteiger partial charge on any atom is -0.398 e. The van der Waals surface area contributed by atoms with Crippen LogP contribution >= 0.6 is 0 Å². The van der Waals surface area contributed by atoms with Gasteiger partial charge in [0, 0.05) is 11.3 Å². The number of para-hydroxylation sites is 1. The fraction of sp³-hybridized carbons (Fsp3) is 0.467. The standard InChI is InChI=1S/C15H19N3O2/c1-8-9(2)19-10(3)13(8)15-17-14(18-20-15)11-6-4-5-7-12(11)16/h4-10,13H,16H2,1-3H3. The second-order valence-electron chi connectivity index (χ2n) is 5.47. The molecular weight excluding hydrogens is 254 g/mol. The molecule has 5 nitrogen and oxygen atoms in total. The Morgan fingerprint density at radius 3 is 2.50 bits per heavy atom. The van der Waals surface area contributed by atoms with Gasteiger partial charge in [-0.25, -0.2) is 0 Å². The number of benzene rings is 1. The molecule has 1 aromatic heterocycles. The van der Waals surface area contributed by atoms with Crippen LogP contribution in [0.3, 0.4) is 0 Å². The maximum Gasteiger partial charge on any atom is 0.233 e. The SMILES string of the molecule is CC1OC(C)C(c2nc(-c3ccccc3N)no2)C1C. The van der Waals surface area contributed by atoms with Crippen molar-refractivity contribution in [2.45, 2.75) is 38.9 Å². The van der Waals surface area contributed by atoms with Crippen LogP contribution in [0.25, 0.3) is 11.4 Å². The summed E-state index contributed by atoms with van der Waals surface area (Å²) in [5.74, 6) is 1.66. The molecule has 3 rings (SSSR count). The number of anilines is 1. The molecule has 1 saturated heterocycles. The second kappa shape index (κ2) is 4.90. The summed E-state index contributed by atoms with van der Waals surface area (Å²) in [5, 5.41) is 4.06. The van der Waals surface area contributed by atoms with E-state index in [-0.39, 0.29) is 18.1 Å². The van der Waals surface area contributed by atoms with E-state index in [1.54, 1.807) is 0 Å². The van der Waals surface area contributed by atoms with Crippen molar-refractivity contribution >= 4 is 5.69 Å². The van der Waals surface area contributed by atoms with Crippen LogP contribution in [0, 0.1) is 5.92 Å². The molecule has 1 aromatic carbocycles. The zero-order valence-corrected chi connectivity index (χ0v) is 11.9. The van der Waals surface area contributed by atoms with Gasteiger partial charge >= 0.3 is 0 Å². The van der Waals surface area contributed by atoms with E-state index in [4.69, 9.17) is 15.0 Å². The minimum atomic E-state index is 0.0846. The van der Waals surface area contributed by atoms with Gasteiger partial charge in [0.25, 0.3) is 0 Å². The van der Waals surface area contributed by atoms with Gasteiger partial charge in [-0.1, -0.05) is 24.2 Å². The molecule has 0 radical (unpaired) electrons. The average Bonchev–Trinajstić information content (AvgIpc) is 2.96. The highest BCUT2D eigenvalue weighted by Gasteiger charge is 2.41. The molecule has 2 aromatic rings. The van der Waals surface area contributed by atoms with Gasteiger partial charge in [0.05, 0.1) is 18.1 Å². The molecule has 2 heterocycles. The number of nitrogens with zero attached hydrogens (tertiary/aromatic N) is 2. The van der Waals surface area contributed by atoms with E-state index in [1.165, 1.54) is 0 Å². The summed E-state index contributed by atoms with van der Waals surface area (Å²) in [4.78, 5) is 4.52. The lowest BCUT2D eigenvalue weighted by molar-refractivity contribution is 0.0542. The number of aromatic nitrogens is 2. The highest BCUT2D eigenvalue weighted by atomic mass is 16.5. The topological polar surface area (TPSA) is 74.2 Å². The first kappa shape index (κ1) is 13.1. The summed E-state index contributed by atoms with van der Waals surface area (Å²) in [6.07, 6.45) is 0.286. The Bertz CT molecular complexity index is 611. The van der Waals surface area contributed by atoms with Gasteiger partial charge < -0.3 is 15.0 Å². The Kier molecular flexibility index (Phi) is 3.22. The van der Waals surface area contributed by atoms with E-state index >= 15 is 0 Å². The largest absolute Gasteiger partial charge is 0.398 e. The Morgan fingerprint density at radius 1 is 1.10 bits per heavy atom. The highest BCUT2D eigenvalue weighted by molar-refractivity contribution is 5.70. The third-order valence-corrected chi connectivity index (χ3v) is 4.17. The second-order valence-corrected chi connectivity index (χ2v) is 5.47. The molecule has 106 valence electrons. The van der Waals surface area contributed by atoms with Crippen molar-refractivity contribution in [3.05, 3.63) is 30.2 Å². The zero-order valence-electron chi connectivity index (χ0n) is 11.9. The summed E-state index contributed by atoms with van der Waals surface area (Å²) in [6.45, 7) is 6.28. The summed E-state index contributed by atoms with van der Waals surface area (Å²) >= 11 is 0. The summed E-state index contributed by atoms with van der Waals surface area (Å²) in [6, 6.07) is 7.52. The number of rotatable bonds is 2. The van der Waals surface area contributed by atoms with Crippen LogP contribution in [0.1, 0.15) is 32.6 Å². The lowest BCUT2D eigenvalue weighted by Gasteiger charge is -2.12. The first-order valence-electron chi connectivity index (χ1n) is 6.92. The maximum absolute atomic E-state index is 5.95. The molecule has 1 fully saturated rings. The van der Waals surface area contributed by atoms with Crippen molar-refractivity contribution in [2.24, 2.45) is 5.92 Å². The molecule has 1 aliphatic heterocycles. The number of nitrogen functional groups attached to an aromatic ring is 1. The highest BCUT2D eigenvalue weighted by Crippen LogP contribution is 2.39. The maximum atomic E-state index is 5.95. The molecule has 0 spiro atoms.